The fourth-order valence-electron chi connectivity index (χ4n) is 1.59. The van der Waals surface area contributed by atoms with Gasteiger partial charge in [0.2, 0.25) is 0 Å². The summed E-state index contributed by atoms with van der Waals surface area (Å²) in [6, 6.07) is 1.58. The van der Waals surface area contributed by atoms with Gasteiger partial charge in [-0.1, -0.05) is 0 Å². The van der Waals surface area contributed by atoms with Gasteiger partial charge in [-0.2, -0.15) is 0 Å². The third-order valence-electron chi connectivity index (χ3n) is 2.77. The van der Waals surface area contributed by atoms with Crippen LogP contribution in [0.5, 0.6) is 0 Å². The van der Waals surface area contributed by atoms with Gasteiger partial charge in [0.1, 0.15) is 5.56 Å². The van der Waals surface area contributed by atoms with Crippen LogP contribution in [0.2, 0.25) is 0 Å². The number of carbonyl (C=O) groups excluding carboxylic acids is 1. The molecule has 7 nitrogen and oxygen atoms in total. The minimum atomic E-state index is -0.945. The fraction of sp³-hybridized carbons (Fsp3) is 0.417. The van der Waals surface area contributed by atoms with Crippen LogP contribution in [0, 0.1) is 15.9 Å². The van der Waals surface area contributed by atoms with Crippen LogP contribution in [0.1, 0.15) is 23.7 Å². The van der Waals surface area contributed by atoms with Crippen molar-refractivity contribution in [1.82, 2.24) is 4.90 Å². The number of carbonyl (C=O) groups is 1. The molecule has 0 aliphatic heterocycles. The summed E-state index contributed by atoms with van der Waals surface area (Å²) in [6.07, 6.45) is -0.272. The molecule has 110 valence electrons. The molecule has 8 heteroatoms. The van der Waals surface area contributed by atoms with Gasteiger partial charge in [0.05, 0.1) is 22.8 Å². The number of halogens is 1. The van der Waals surface area contributed by atoms with Gasteiger partial charge >= 0.3 is 0 Å². The SMILES string of the molecule is CC(O)CCN(C)C(=O)c1cc(N)c(F)cc1[N+](=O)[O-]. The monoisotopic (exact) mass is 285 g/mol. The Morgan fingerprint density at radius 2 is 2.20 bits per heavy atom. The molecule has 1 amide bonds. The van der Waals surface area contributed by atoms with Crippen molar-refractivity contribution in [3.63, 3.8) is 0 Å². The predicted octanol–water partition coefficient (Wildman–Crippen LogP) is 1.16. The molecule has 1 aromatic carbocycles. The molecule has 3 N–H and O–H groups in total. The van der Waals surface area contributed by atoms with E-state index in [0.29, 0.717) is 12.5 Å². The standard InChI is InChI=1S/C12H16FN3O4/c1-7(17)3-4-15(2)12(18)8-5-10(14)9(13)6-11(8)16(19)20/h5-7,17H,3-4,14H2,1-2H3. The van der Waals surface area contributed by atoms with E-state index < -0.39 is 28.4 Å². The number of anilines is 1. The molecule has 0 heterocycles. The summed E-state index contributed by atoms with van der Waals surface area (Å²) in [6.45, 7) is 1.78. The maximum absolute atomic E-state index is 13.3. The van der Waals surface area contributed by atoms with E-state index in [4.69, 9.17) is 10.8 Å². The highest BCUT2D eigenvalue weighted by Gasteiger charge is 2.25. The molecule has 1 unspecified atom stereocenters. The van der Waals surface area contributed by atoms with E-state index >= 15 is 0 Å². The molecule has 0 radical (unpaired) electrons. The summed E-state index contributed by atoms with van der Waals surface area (Å²) >= 11 is 0. The molecule has 1 rings (SSSR count). The molecular weight excluding hydrogens is 269 g/mol. The average molecular weight is 285 g/mol. The molecule has 1 atom stereocenters. The first-order valence-corrected chi connectivity index (χ1v) is 5.91. The molecule has 0 spiro atoms. The lowest BCUT2D eigenvalue weighted by Gasteiger charge is -2.18. The lowest BCUT2D eigenvalue weighted by atomic mass is 10.1. The van der Waals surface area contributed by atoms with Crippen LogP contribution in [0.15, 0.2) is 12.1 Å². The second kappa shape index (κ2) is 6.29. The van der Waals surface area contributed by atoms with E-state index in [0.717, 1.165) is 6.07 Å². The van der Waals surface area contributed by atoms with Crippen molar-refractivity contribution in [2.45, 2.75) is 19.4 Å². The van der Waals surface area contributed by atoms with E-state index in [2.05, 4.69) is 0 Å². The number of nitrogen functional groups attached to an aromatic ring is 1. The summed E-state index contributed by atoms with van der Waals surface area (Å²) < 4.78 is 13.3. The number of nitrogens with two attached hydrogens (primary N) is 1. The first kappa shape index (κ1) is 15.8. The van der Waals surface area contributed by atoms with Crippen LogP contribution < -0.4 is 5.73 Å². The predicted molar refractivity (Wildman–Crippen MR) is 70.7 cm³/mol. The number of nitro benzene ring substituents is 1. The lowest BCUT2D eigenvalue weighted by molar-refractivity contribution is -0.385. The van der Waals surface area contributed by atoms with Crippen molar-refractivity contribution in [1.29, 1.82) is 0 Å². The van der Waals surface area contributed by atoms with Crippen LogP contribution >= 0.6 is 0 Å². The highest BCUT2D eigenvalue weighted by atomic mass is 19.1. The zero-order valence-corrected chi connectivity index (χ0v) is 11.2. The lowest BCUT2D eigenvalue weighted by Crippen LogP contribution is -2.30. The van der Waals surface area contributed by atoms with Crippen LogP contribution in [0.25, 0.3) is 0 Å². The van der Waals surface area contributed by atoms with E-state index in [9.17, 15) is 19.3 Å². The summed E-state index contributed by atoms with van der Waals surface area (Å²) in [4.78, 5) is 23.4. The summed E-state index contributed by atoms with van der Waals surface area (Å²) in [5.41, 5.74) is 4.10. The number of rotatable bonds is 5. The number of aliphatic hydroxyl groups excluding tert-OH is 1. The number of hydrogen-bond donors (Lipinski definition) is 2. The average Bonchev–Trinajstić information content (AvgIpc) is 2.37. The topological polar surface area (TPSA) is 110 Å². The summed E-state index contributed by atoms with van der Waals surface area (Å²) in [5, 5.41) is 20.0. The summed E-state index contributed by atoms with van der Waals surface area (Å²) in [7, 11) is 1.44. The Bertz CT molecular complexity index is 534. The number of aliphatic hydroxyl groups is 1. The molecule has 0 aromatic heterocycles. The Kier molecular flexibility index (Phi) is 4.98. The van der Waals surface area contributed by atoms with Crippen LogP contribution in [-0.2, 0) is 0 Å². The van der Waals surface area contributed by atoms with Crippen molar-refractivity contribution in [3.8, 4) is 0 Å². The number of hydrogen-bond acceptors (Lipinski definition) is 5. The van der Waals surface area contributed by atoms with Gasteiger partial charge in [0, 0.05) is 13.6 Å². The number of nitro groups is 1. The van der Waals surface area contributed by atoms with Gasteiger partial charge in [0.15, 0.2) is 5.82 Å². The molecule has 0 aliphatic carbocycles. The zero-order chi connectivity index (χ0) is 15.4. The fourth-order valence-corrected chi connectivity index (χ4v) is 1.59. The largest absolute Gasteiger partial charge is 0.396 e. The Morgan fingerprint density at radius 3 is 2.70 bits per heavy atom. The minimum absolute atomic E-state index is 0.213. The van der Waals surface area contributed by atoms with Gasteiger partial charge in [0.25, 0.3) is 11.6 Å². The third kappa shape index (κ3) is 3.64. The van der Waals surface area contributed by atoms with Crippen molar-refractivity contribution < 1.29 is 19.2 Å². The van der Waals surface area contributed by atoms with Crippen molar-refractivity contribution in [2.75, 3.05) is 19.3 Å². The maximum atomic E-state index is 13.3. The van der Waals surface area contributed by atoms with Gasteiger partial charge in [-0.15, -0.1) is 0 Å². The van der Waals surface area contributed by atoms with Gasteiger partial charge in [-0.3, -0.25) is 14.9 Å². The van der Waals surface area contributed by atoms with Crippen molar-refractivity contribution in [2.24, 2.45) is 0 Å². The van der Waals surface area contributed by atoms with E-state index in [-0.39, 0.29) is 17.8 Å². The minimum Gasteiger partial charge on any atom is -0.396 e. The Morgan fingerprint density at radius 1 is 1.60 bits per heavy atom. The smallest absolute Gasteiger partial charge is 0.285 e. The molecule has 0 saturated carbocycles. The highest BCUT2D eigenvalue weighted by Crippen LogP contribution is 2.25. The molecule has 0 aliphatic rings. The van der Waals surface area contributed by atoms with Crippen molar-refractivity contribution >= 4 is 17.3 Å². The first-order valence-electron chi connectivity index (χ1n) is 5.91. The molecule has 20 heavy (non-hydrogen) atoms. The maximum Gasteiger partial charge on any atom is 0.285 e. The van der Waals surface area contributed by atoms with E-state index in [1.165, 1.54) is 11.9 Å². The van der Waals surface area contributed by atoms with Crippen LogP contribution in [-0.4, -0.2) is 40.5 Å². The van der Waals surface area contributed by atoms with Crippen LogP contribution in [0.3, 0.4) is 0 Å². The van der Waals surface area contributed by atoms with Gasteiger partial charge in [-0.25, -0.2) is 4.39 Å². The second-order valence-electron chi connectivity index (χ2n) is 4.51. The zero-order valence-electron chi connectivity index (χ0n) is 11.2. The van der Waals surface area contributed by atoms with E-state index in [1.54, 1.807) is 6.92 Å². The number of benzene rings is 1. The first-order chi connectivity index (χ1) is 9.23. The second-order valence-corrected chi connectivity index (χ2v) is 4.51. The molecular formula is C12H16FN3O4. The molecule has 0 saturated heterocycles. The van der Waals surface area contributed by atoms with Gasteiger partial charge in [-0.05, 0) is 19.4 Å². The molecule has 0 fully saturated rings. The summed E-state index contributed by atoms with van der Waals surface area (Å²) in [5.74, 6) is -1.59. The Balaban J connectivity index is 3.08. The van der Waals surface area contributed by atoms with Crippen LogP contribution in [0.4, 0.5) is 15.8 Å². The Hall–Kier alpha value is -2.22. The van der Waals surface area contributed by atoms with Crippen molar-refractivity contribution in [3.05, 3.63) is 33.6 Å². The number of nitrogens with zero attached hydrogens (tertiary/aromatic N) is 2. The third-order valence-corrected chi connectivity index (χ3v) is 2.77. The molecule has 0 bridgehead atoms. The van der Waals surface area contributed by atoms with Gasteiger partial charge < -0.3 is 15.7 Å². The van der Waals surface area contributed by atoms with E-state index in [1.807, 2.05) is 0 Å². The Labute approximate surface area is 114 Å². The quantitative estimate of drug-likeness (QED) is 0.479. The normalized spacial score (nSPS) is 12.0. The number of amides is 1. The highest BCUT2D eigenvalue weighted by molar-refractivity contribution is 5.99. The molecule has 1 aromatic rings.